The second kappa shape index (κ2) is 6.39. The number of ether oxygens (including phenoxy) is 1. The maximum Gasteiger partial charge on any atom is 0.276 e. The first-order valence-electron chi connectivity index (χ1n) is 5.35. The quantitative estimate of drug-likeness (QED) is 0.884. The van der Waals surface area contributed by atoms with E-state index in [0.29, 0.717) is 20.9 Å². The number of nitrogens with one attached hydrogen (secondary N) is 1. The summed E-state index contributed by atoms with van der Waals surface area (Å²) in [5.41, 5.74) is 0.557. The van der Waals surface area contributed by atoms with Crippen molar-refractivity contribution in [1.29, 1.82) is 0 Å². The molecule has 0 saturated heterocycles. The molecule has 0 aliphatic heterocycles. The zero-order valence-electron chi connectivity index (χ0n) is 10.2. The minimum Gasteiger partial charge on any atom is -0.493 e. The molecule has 0 aliphatic carbocycles. The molecule has 0 saturated carbocycles. The average molecular weight is 377 g/mol. The number of hydrogen-bond acceptors (Lipinski definition) is 4. The number of carbonyl (C=O) groups is 1. The standard InChI is InChI=1S/C12H8BrCl2N3O2/c1-20-11-7(13)4-6(14)5-9(11)16-12(19)8-2-3-10(15)18-17-8/h2-5H,1H3,(H,16,19). The summed E-state index contributed by atoms with van der Waals surface area (Å²) < 4.78 is 5.84. The smallest absolute Gasteiger partial charge is 0.276 e. The lowest BCUT2D eigenvalue weighted by Crippen LogP contribution is -2.15. The second-order valence-electron chi connectivity index (χ2n) is 3.66. The number of hydrogen-bond donors (Lipinski definition) is 1. The van der Waals surface area contributed by atoms with Gasteiger partial charge in [-0.2, -0.15) is 0 Å². The first-order valence-corrected chi connectivity index (χ1v) is 6.89. The lowest BCUT2D eigenvalue weighted by molar-refractivity contribution is 0.102. The number of rotatable bonds is 3. The van der Waals surface area contributed by atoms with Crippen molar-refractivity contribution in [2.45, 2.75) is 0 Å². The first kappa shape index (κ1) is 15.0. The number of anilines is 1. The van der Waals surface area contributed by atoms with Crippen LogP contribution >= 0.6 is 39.1 Å². The molecule has 0 radical (unpaired) electrons. The summed E-state index contributed by atoms with van der Waals surface area (Å²) in [6.45, 7) is 0. The van der Waals surface area contributed by atoms with Crippen molar-refractivity contribution >= 4 is 50.7 Å². The molecule has 0 atom stereocenters. The van der Waals surface area contributed by atoms with Gasteiger partial charge in [-0.3, -0.25) is 4.79 Å². The van der Waals surface area contributed by atoms with Crippen LogP contribution in [-0.4, -0.2) is 23.2 Å². The van der Waals surface area contributed by atoms with E-state index in [9.17, 15) is 4.79 Å². The van der Waals surface area contributed by atoms with Crippen LogP contribution in [0.25, 0.3) is 0 Å². The summed E-state index contributed by atoms with van der Waals surface area (Å²) >= 11 is 14.9. The Morgan fingerprint density at radius 1 is 1.30 bits per heavy atom. The number of nitrogens with zero attached hydrogens (tertiary/aromatic N) is 2. The molecule has 1 heterocycles. The van der Waals surface area contributed by atoms with Gasteiger partial charge in [0.2, 0.25) is 0 Å². The number of halogens is 3. The van der Waals surface area contributed by atoms with Crippen LogP contribution < -0.4 is 10.1 Å². The predicted molar refractivity (Wildman–Crippen MR) is 80.7 cm³/mol. The lowest BCUT2D eigenvalue weighted by atomic mass is 10.2. The number of carbonyl (C=O) groups excluding carboxylic acids is 1. The number of amides is 1. The molecule has 0 aliphatic rings. The maximum absolute atomic E-state index is 12.0. The van der Waals surface area contributed by atoms with E-state index in [1.807, 2.05) is 0 Å². The van der Waals surface area contributed by atoms with E-state index >= 15 is 0 Å². The lowest BCUT2D eigenvalue weighted by Gasteiger charge is -2.12. The van der Waals surface area contributed by atoms with E-state index in [0.717, 1.165) is 0 Å². The molecule has 1 aromatic heterocycles. The molecule has 2 aromatic rings. The van der Waals surface area contributed by atoms with Crippen LogP contribution in [0.3, 0.4) is 0 Å². The molecule has 104 valence electrons. The fourth-order valence-electron chi connectivity index (χ4n) is 1.48. The number of aromatic nitrogens is 2. The summed E-state index contributed by atoms with van der Waals surface area (Å²) in [5, 5.41) is 10.6. The van der Waals surface area contributed by atoms with Gasteiger partial charge in [0.05, 0.1) is 17.3 Å². The van der Waals surface area contributed by atoms with Crippen LogP contribution in [0.1, 0.15) is 10.5 Å². The van der Waals surface area contributed by atoms with Gasteiger partial charge in [-0.15, -0.1) is 10.2 Å². The van der Waals surface area contributed by atoms with Crippen molar-refractivity contribution in [3.8, 4) is 5.75 Å². The maximum atomic E-state index is 12.0. The summed E-state index contributed by atoms with van der Waals surface area (Å²) in [5.74, 6) is 0.0197. The van der Waals surface area contributed by atoms with Crippen molar-refractivity contribution in [1.82, 2.24) is 10.2 Å². The zero-order chi connectivity index (χ0) is 14.7. The normalized spacial score (nSPS) is 10.2. The third-order valence-corrected chi connectivity index (χ3v) is 3.33. The van der Waals surface area contributed by atoms with Crippen molar-refractivity contribution in [2.75, 3.05) is 12.4 Å². The fourth-order valence-corrected chi connectivity index (χ4v) is 2.56. The highest BCUT2D eigenvalue weighted by molar-refractivity contribution is 9.10. The minimum absolute atomic E-state index is 0.132. The second-order valence-corrected chi connectivity index (χ2v) is 5.34. The highest BCUT2D eigenvalue weighted by Gasteiger charge is 2.14. The van der Waals surface area contributed by atoms with Crippen LogP contribution in [-0.2, 0) is 0 Å². The Morgan fingerprint density at radius 2 is 2.05 bits per heavy atom. The van der Waals surface area contributed by atoms with Gasteiger partial charge in [-0.05, 0) is 40.2 Å². The first-order chi connectivity index (χ1) is 9.51. The van der Waals surface area contributed by atoms with E-state index in [2.05, 4.69) is 31.4 Å². The molecule has 20 heavy (non-hydrogen) atoms. The largest absolute Gasteiger partial charge is 0.493 e. The van der Waals surface area contributed by atoms with Crippen LogP contribution in [0.2, 0.25) is 10.2 Å². The third kappa shape index (κ3) is 3.39. The summed E-state index contributed by atoms with van der Waals surface area (Å²) in [6.07, 6.45) is 0. The van der Waals surface area contributed by atoms with Crippen molar-refractivity contribution in [3.63, 3.8) is 0 Å². The molecular weight excluding hydrogens is 369 g/mol. The molecule has 1 N–H and O–H groups in total. The van der Waals surface area contributed by atoms with Gasteiger partial charge in [0.25, 0.3) is 5.91 Å². The van der Waals surface area contributed by atoms with E-state index < -0.39 is 5.91 Å². The molecule has 0 spiro atoms. The highest BCUT2D eigenvalue weighted by atomic mass is 79.9. The molecule has 0 fully saturated rings. The highest BCUT2D eigenvalue weighted by Crippen LogP contribution is 2.36. The Hall–Kier alpha value is -1.37. The van der Waals surface area contributed by atoms with Crippen molar-refractivity contribution < 1.29 is 9.53 Å². The van der Waals surface area contributed by atoms with Crippen molar-refractivity contribution in [2.24, 2.45) is 0 Å². The SMILES string of the molecule is COc1c(Br)cc(Cl)cc1NC(=O)c1ccc(Cl)nn1. The Kier molecular flexibility index (Phi) is 4.80. The topological polar surface area (TPSA) is 64.1 Å². The summed E-state index contributed by atoms with van der Waals surface area (Å²) in [7, 11) is 1.49. The number of benzene rings is 1. The van der Waals surface area contributed by atoms with Gasteiger partial charge >= 0.3 is 0 Å². The predicted octanol–water partition coefficient (Wildman–Crippen LogP) is 3.81. The van der Waals surface area contributed by atoms with Crippen molar-refractivity contribution in [3.05, 3.63) is 44.6 Å². The molecule has 5 nitrogen and oxygen atoms in total. The Bertz CT molecular complexity index is 650. The molecule has 0 bridgehead atoms. The van der Waals surface area contributed by atoms with Gasteiger partial charge in [0, 0.05) is 5.02 Å². The van der Waals surface area contributed by atoms with Crippen LogP contribution in [0.4, 0.5) is 5.69 Å². The Balaban J connectivity index is 2.30. The van der Waals surface area contributed by atoms with Crippen LogP contribution in [0, 0.1) is 0 Å². The third-order valence-electron chi connectivity index (χ3n) is 2.33. The molecular formula is C12H8BrCl2N3O2. The molecule has 2 rings (SSSR count). The Morgan fingerprint density at radius 3 is 2.65 bits per heavy atom. The zero-order valence-corrected chi connectivity index (χ0v) is 13.3. The van der Waals surface area contributed by atoms with E-state index in [-0.39, 0.29) is 10.8 Å². The van der Waals surface area contributed by atoms with Gasteiger partial charge in [-0.1, -0.05) is 23.2 Å². The van der Waals surface area contributed by atoms with E-state index in [1.165, 1.54) is 19.2 Å². The molecule has 1 amide bonds. The van der Waals surface area contributed by atoms with Crippen LogP contribution in [0.15, 0.2) is 28.7 Å². The Labute approximate surface area is 133 Å². The fraction of sp³-hybridized carbons (Fsp3) is 0.0833. The van der Waals surface area contributed by atoms with Gasteiger partial charge in [0.15, 0.2) is 16.6 Å². The monoisotopic (exact) mass is 375 g/mol. The minimum atomic E-state index is -0.443. The van der Waals surface area contributed by atoms with E-state index in [4.69, 9.17) is 27.9 Å². The number of methoxy groups -OCH3 is 1. The molecule has 8 heteroatoms. The average Bonchev–Trinajstić information content (AvgIpc) is 2.39. The van der Waals surface area contributed by atoms with E-state index in [1.54, 1.807) is 12.1 Å². The van der Waals surface area contributed by atoms with Gasteiger partial charge in [0.1, 0.15) is 0 Å². The van der Waals surface area contributed by atoms with Gasteiger partial charge < -0.3 is 10.1 Å². The molecule has 1 aromatic carbocycles. The van der Waals surface area contributed by atoms with Gasteiger partial charge in [-0.25, -0.2) is 0 Å². The summed E-state index contributed by atoms with van der Waals surface area (Å²) in [4.78, 5) is 12.0. The van der Waals surface area contributed by atoms with Crippen LogP contribution in [0.5, 0.6) is 5.75 Å². The molecule has 0 unspecified atom stereocenters. The summed E-state index contributed by atoms with van der Waals surface area (Å²) in [6, 6.07) is 6.19.